The van der Waals surface area contributed by atoms with Crippen molar-refractivity contribution < 1.29 is 16.8 Å². The van der Waals surface area contributed by atoms with Gasteiger partial charge < -0.3 is 0 Å². The molecule has 0 bridgehead atoms. The lowest BCUT2D eigenvalue weighted by atomic mass is 10.0. The van der Waals surface area contributed by atoms with Crippen LogP contribution in [-0.2, 0) is 20.0 Å². The van der Waals surface area contributed by atoms with Gasteiger partial charge in [-0.1, -0.05) is 167 Å². The SMILES string of the molecule is Cc1ccc(S(=O)(=O)NN=C(c2ccc(Cl)cc2)c2ccc(Cl)cc2)cc1.Cc1ccc(S(=O)(=O)NN=C(c2ccc(Cl)cc2)c2ccc(Cl)cc2)cc1.c1ccccc1. The van der Waals surface area contributed by atoms with Crippen LogP contribution >= 0.6 is 46.4 Å². The van der Waals surface area contributed by atoms with Crippen LogP contribution in [0, 0.1) is 13.8 Å². The maximum atomic E-state index is 12.6. The van der Waals surface area contributed by atoms with Crippen molar-refractivity contribution in [3.05, 3.63) is 235 Å². The zero-order valence-corrected chi connectivity index (χ0v) is 36.8. The number of nitrogens with zero attached hydrogens (tertiary/aromatic N) is 2. The molecule has 60 heavy (non-hydrogen) atoms. The van der Waals surface area contributed by atoms with Crippen molar-refractivity contribution in [3.8, 4) is 0 Å². The molecule has 0 atom stereocenters. The lowest BCUT2D eigenvalue weighted by Gasteiger charge is -2.10. The standard InChI is InChI=1S/2C20H16Cl2N2O2S.C6H6/c2*1-14-2-12-19(13-3-14)27(25,26)24-23-20(15-4-8-17(21)9-5-15)16-6-10-18(22)11-7-16;1-2-4-6-5-3-1/h2*2-13,24H,1H3;1-6H. The van der Waals surface area contributed by atoms with Crippen LogP contribution in [0.2, 0.25) is 20.1 Å². The summed E-state index contributed by atoms with van der Waals surface area (Å²) in [6.07, 6.45) is 0. The third kappa shape index (κ3) is 13.8. The van der Waals surface area contributed by atoms with E-state index in [1.54, 1.807) is 121 Å². The Hall–Kier alpha value is -5.46. The van der Waals surface area contributed by atoms with Crippen LogP contribution in [0.1, 0.15) is 33.4 Å². The molecule has 0 fully saturated rings. The molecule has 0 aliphatic carbocycles. The number of aryl methyl sites for hydroxylation is 2. The van der Waals surface area contributed by atoms with Gasteiger partial charge >= 0.3 is 0 Å². The number of rotatable bonds is 10. The molecule has 0 aromatic heterocycles. The molecule has 2 N–H and O–H groups in total. The molecular formula is C46H38Cl4N4O4S2. The molecule has 0 radical (unpaired) electrons. The summed E-state index contributed by atoms with van der Waals surface area (Å²) in [6, 6.07) is 53.0. The second kappa shape index (κ2) is 21.7. The minimum atomic E-state index is -3.79. The van der Waals surface area contributed by atoms with Gasteiger partial charge in [0.15, 0.2) is 0 Å². The lowest BCUT2D eigenvalue weighted by Crippen LogP contribution is -2.21. The second-order valence-corrected chi connectivity index (χ2v) is 18.0. The van der Waals surface area contributed by atoms with E-state index in [0.717, 1.165) is 11.1 Å². The van der Waals surface area contributed by atoms with Gasteiger partial charge in [0, 0.05) is 42.3 Å². The van der Waals surface area contributed by atoms with Crippen LogP contribution in [0.5, 0.6) is 0 Å². The third-order valence-corrected chi connectivity index (χ3v) is 11.8. The molecule has 0 saturated heterocycles. The number of benzene rings is 7. The minimum Gasteiger partial charge on any atom is -0.200 e. The lowest BCUT2D eigenvalue weighted by molar-refractivity contribution is 0.583. The summed E-state index contributed by atoms with van der Waals surface area (Å²) in [5.41, 5.74) is 5.72. The summed E-state index contributed by atoms with van der Waals surface area (Å²) in [7, 11) is -7.59. The summed E-state index contributed by atoms with van der Waals surface area (Å²) in [6.45, 7) is 3.78. The average Bonchev–Trinajstić information content (AvgIpc) is 3.25. The summed E-state index contributed by atoms with van der Waals surface area (Å²) < 4.78 is 50.2. The average molecular weight is 917 g/mol. The summed E-state index contributed by atoms with van der Waals surface area (Å²) in [4.78, 5) is 4.91. The van der Waals surface area contributed by atoms with Crippen molar-refractivity contribution >= 4 is 77.9 Å². The summed E-state index contributed by atoms with van der Waals surface area (Å²) in [5, 5.41) is 10.7. The Morgan fingerprint density at radius 3 is 0.800 bits per heavy atom. The van der Waals surface area contributed by atoms with E-state index >= 15 is 0 Å². The monoisotopic (exact) mass is 914 g/mol. The first-order valence-electron chi connectivity index (χ1n) is 18.1. The molecule has 0 unspecified atom stereocenters. The van der Waals surface area contributed by atoms with Gasteiger partial charge in [-0.2, -0.15) is 36.7 Å². The molecule has 0 aliphatic rings. The van der Waals surface area contributed by atoms with Crippen LogP contribution < -0.4 is 9.66 Å². The van der Waals surface area contributed by atoms with Crippen LogP contribution in [0.25, 0.3) is 0 Å². The number of hydrogen-bond donors (Lipinski definition) is 2. The number of hydrogen-bond acceptors (Lipinski definition) is 6. The van der Waals surface area contributed by atoms with Gasteiger partial charge in [-0.15, -0.1) is 0 Å². The van der Waals surface area contributed by atoms with Gasteiger partial charge in [-0.25, -0.2) is 0 Å². The third-order valence-electron chi connectivity index (χ3n) is 8.36. The zero-order valence-electron chi connectivity index (χ0n) is 32.2. The van der Waals surface area contributed by atoms with Crippen LogP contribution in [-0.4, -0.2) is 28.3 Å². The first kappa shape index (κ1) is 45.6. The maximum absolute atomic E-state index is 12.6. The van der Waals surface area contributed by atoms with E-state index < -0.39 is 20.0 Å². The predicted molar refractivity (Wildman–Crippen MR) is 247 cm³/mol. The Morgan fingerprint density at radius 1 is 0.367 bits per heavy atom. The Bertz CT molecular complexity index is 2440. The Labute approximate surface area is 371 Å². The highest BCUT2D eigenvalue weighted by Gasteiger charge is 2.16. The fourth-order valence-corrected chi connectivity index (χ4v) is 7.29. The normalized spacial score (nSPS) is 10.8. The van der Waals surface area contributed by atoms with Crippen molar-refractivity contribution in [1.29, 1.82) is 0 Å². The van der Waals surface area contributed by atoms with Crippen molar-refractivity contribution in [2.75, 3.05) is 0 Å². The van der Waals surface area contributed by atoms with Crippen molar-refractivity contribution in [3.63, 3.8) is 0 Å². The van der Waals surface area contributed by atoms with E-state index in [0.29, 0.717) is 53.8 Å². The fraction of sp³-hybridized carbons (Fsp3) is 0.0435. The molecule has 7 aromatic carbocycles. The van der Waals surface area contributed by atoms with Gasteiger partial charge in [0.1, 0.15) is 0 Å². The van der Waals surface area contributed by atoms with Gasteiger partial charge in [-0.3, -0.25) is 0 Å². The first-order chi connectivity index (χ1) is 28.7. The summed E-state index contributed by atoms with van der Waals surface area (Å²) >= 11 is 23.8. The second-order valence-electron chi connectivity index (χ2n) is 12.9. The van der Waals surface area contributed by atoms with E-state index in [-0.39, 0.29) is 9.79 Å². The van der Waals surface area contributed by atoms with E-state index in [4.69, 9.17) is 46.4 Å². The predicted octanol–water partition coefficient (Wildman–Crippen LogP) is 11.8. The molecule has 7 aromatic rings. The van der Waals surface area contributed by atoms with Gasteiger partial charge in [0.05, 0.1) is 21.2 Å². The van der Waals surface area contributed by atoms with E-state index in [1.807, 2.05) is 50.2 Å². The molecule has 0 amide bonds. The Balaban J connectivity index is 0.000000199. The Kier molecular flexibility index (Phi) is 16.5. The van der Waals surface area contributed by atoms with Gasteiger partial charge in [0.25, 0.3) is 20.0 Å². The van der Waals surface area contributed by atoms with Crippen LogP contribution in [0.3, 0.4) is 0 Å². The largest absolute Gasteiger partial charge is 0.276 e. The number of halogens is 4. The van der Waals surface area contributed by atoms with E-state index in [1.165, 1.54) is 24.3 Å². The highest BCUT2D eigenvalue weighted by Crippen LogP contribution is 2.20. The quantitative estimate of drug-likeness (QED) is 0.105. The smallest absolute Gasteiger partial charge is 0.200 e. The minimum absolute atomic E-state index is 0.142. The first-order valence-corrected chi connectivity index (χ1v) is 22.5. The van der Waals surface area contributed by atoms with Crippen molar-refractivity contribution in [2.24, 2.45) is 10.2 Å². The molecule has 0 spiro atoms. The topological polar surface area (TPSA) is 117 Å². The Morgan fingerprint density at radius 2 is 0.583 bits per heavy atom. The fourth-order valence-electron chi connectivity index (χ4n) is 5.16. The molecule has 14 heteroatoms. The van der Waals surface area contributed by atoms with Crippen molar-refractivity contribution in [2.45, 2.75) is 23.6 Å². The number of nitrogens with one attached hydrogen (secondary N) is 2. The maximum Gasteiger partial charge on any atom is 0.276 e. The van der Waals surface area contributed by atoms with E-state index in [9.17, 15) is 16.8 Å². The van der Waals surface area contributed by atoms with Crippen LogP contribution in [0.15, 0.2) is 202 Å². The van der Waals surface area contributed by atoms with E-state index in [2.05, 4.69) is 19.9 Å². The molecular weight excluding hydrogens is 878 g/mol. The number of hydrazone groups is 2. The molecule has 306 valence electrons. The molecule has 8 nitrogen and oxygen atoms in total. The summed E-state index contributed by atoms with van der Waals surface area (Å²) in [5.74, 6) is 0. The van der Waals surface area contributed by atoms with Crippen molar-refractivity contribution in [1.82, 2.24) is 9.66 Å². The van der Waals surface area contributed by atoms with Crippen LogP contribution in [0.4, 0.5) is 0 Å². The van der Waals surface area contributed by atoms with Gasteiger partial charge in [0.2, 0.25) is 0 Å². The number of sulfonamides is 2. The highest BCUT2D eigenvalue weighted by atomic mass is 35.5. The zero-order chi connectivity index (χ0) is 43.1. The van der Waals surface area contributed by atoms with Gasteiger partial charge in [-0.05, 0) is 86.6 Å². The molecule has 0 aliphatic heterocycles. The molecule has 0 saturated carbocycles. The molecule has 7 rings (SSSR count). The molecule has 0 heterocycles. The highest BCUT2D eigenvalue weighted by molar-refractivity contribution is 7.89.